The molecule has 0 fully saturated rings. The second-order valence-corrected chi connectivity index (χ2v) is 4.81. The number of benzene rings is 1. The van der Waals surface area contributed by atoms with Gasteiger partial charge in [0.25, 0.3) is 5.69 Å². The molecule has 0 aliphatic rings. The first-order valence-corrected chi connectivity index (χ1v) is 6.46. The van der Waals surface area contributed by atoms with Crippen LogP contribution in [0.5, 0.6) is 0 Å². The summed E-state index contributed by atoms with van der Waals surface area (Å²) in [6.07, 6.45) is 3.63. The summed E-state index contributed by atoms with van der Waals surface area (Å²) >= 11 is 0. The third-order valence-electron chi connectivity index (χ3n) is 3.28. The number of aromatic nitrogens is 2. The van der Waals surface area contributed by atoms with Crippen LogP contribution in [0.4, 0.5) is 11.4 Å². The lowest BCUT2D eigenvalue weighted by atomic mass is 10.1. The minimum atomic E-state index is -0.401. The number of aryl methyl sites for hydroxylation is 1. The second kappa shape index (κ2) is 6.36. The number of imidazole rings is 1. The highest BCUT2D eigenvalue weighted by Gasteiger charge is 2.14. The average Bonchev–Trinajstić information content (AvgIpc) is 2.84. The summed E-state index contributed by atoms with van der Waals surface area (Å²) in [7, 11) is 5.43. The van der Waals surface area contributed by atoms with Crippen molar-refractivity contribution >= 4 is 11.4 Å². The molecule has 0 aliphatic carbocycles. The summed E-state index contributed by atoms with van der Waals surface area (Å²) < 4.78 is 7.08. The quantitative estimate of drug-likeness (QED) is 0.601. The van der Waals surface area contributed by atoms with Crippen LogP contribution in [-0.2, 0) is 24.9 Å². The molecular formula is C14H18N4O3. The third kappa shape index (κ3) is 3.38. The highest BCUT2D eigenvalue weighted by atomic mass is 16.6. The van der Waals surface area contributed by atoms with Crippen LogP contribution in [-0.4, -0.2) is 28.6 Å². The van der Waals surface area contributed by atoms with Crippen molar-refractivity contribution in [1.82, 2.24) is 9.55 Å². The first-order valence-electron chi connectivity index (χ1n) is 6.46. The molecule has 0 unspecified atom stereocenters. The molecule has 0 amide bonds. The molecule has 112 valence electrons. The number of methoxy groups -OCH3 is 1. The van der Waals surface area contributed by atoms with Gasteiger partial charge in [0.05, 0.1) is 18.1 Å². The molecule has 0 N–H and O–H groups in total. The Morgan fingerprint density at radius 2 is 2.24 bits per heavy atom. The number of ether oxygens (including phenoxy) is 1. The fourth-order valence-corrected chi connectivity index (χ4v) is 2.18. The molecule has 2 rings (SSSR count). The van der Waals surface area contributed by atoms with Crippen LogP contribution < -0.4 is 4.90 Å². The predicted molar refractivity (Wildman–Crippen MR) is 79.1 cm³/mol. The summed E-state index contributed by atoms with van der Waals surface area (Å²) in [5, 5.41) is 10.9. The second-order valence-electron chi connectivity index (χ2n) is 4.81. The van der Waals surface area contributed by atoms with Gasteiger partial charge in [-0.2, -0.15) is 0 Å². The fraction of sp³-hybridized carbons (Fsp3) is 0.357. The van der Waals surface area contributed by atoms with Crippen molar-refractivity contribution in [2.24, 2.45) is 7.05 Å². The summed E-state index contributed by atoms with van der Waals surface area (Å²) in [4.78, 5) is 16.8. The van der Waals surface area contributed by atoms with Crippen molar-refractivity contribution in [2.45, 2.75) is 13.2 Å². The summed E-state index contributed by atoms with van der Waals surface area (Å²) in [6, 6.07) is 4.80. The summed E-state index contributed by atoms with van der Waals surface area (Å²) in [5.74, 6) is 0.916. The SMILES string of the molecule is COCc1cc([N+](=O)[O-])ccc1N(C)Cc1nccn1C. The van der Waals surface area contributed by atoms with Gasteiger partial charge in [-0.3, -0.25) is 10.1 Å². The van der Waals surface area contributed by atoms with Crippen LogP contribution in [0.15, 0.2) is 30.6 Å². The molecule has 0 atom stereocenters. The van der Waals surface area contributed by atoms with Gasteiger partial charge < -0.3 is 14.2 Å². The van der Waals surface area contributed by atoms with Gasteiger partial charge >= 0.3 is 0 Å². The van der Waals surface area contributed by atoms with Crippen molar-refractivity contribution in [3.63, 3.8) is 0 Å². The molecule has 2 aromatic rings. The zero-order chi connectivity index (χ0) is 15.4. The Morgan fingerprint density at radius 1 is 1.48 bits per heavy atom. The average molecular weight is 290 g/mol. The van der Waals surface area contributed by atoms with E-state index < -0.39 is 4.92 Å². The van der Waals surface area contributed by atoms with Gasteiger partial charge in [-0.05, 0) is 6.07 Å². The number of hydrogen-bond donors (Lipinski definition) is 0. The molecule has 21 heavy (non-hydrogen) atoms. The predicted octanol–water partition coefficient (Wildman–Crippen LogP) is 2.11. The van der Waals surface area contributed by atoms with Crippen LogP contribution in [0.3, 0.4) is 0 Å². The number of rotatable bonds is 6. The zero-order valence-corrected chi connectivity index (χ0v) is 12.3. The van der Waals surface area contributed by atoms with E-state index in [9.17, 15) is 10.1 Å². The lowest BCUT2D eigenvalue weighted by Gasteiger charge is -2.22. The van der Waals surface area contributed by atoms with Gasteiger partial charge in [0.15, 0.2) is 0 Å². The van der Waals surface area contributed by atoms with E-state index in [1.165, 1.54) is 6.07 Å². The molecule has 7 heteroatoms. The minimum Gasteiger partial charge on any atom is -0.380 e. The Bertz CT molecular complexity index is 639. The molecular weight excluding hydrogens is 272 g/mol. The topological polar surface area (TPSA) is 73.4 Å². The van der Waals surface area contributed by atoms with Crippen molar-refractivity contribution in [3.05, 3.63) is 52.1 Å². The molecule has 0 bridgehead atoms. The largest absolute Gasteiger partial charge is 0.380 e. The van der Waals surface area contributed by atoms with Crippen LogP contribution in [0.2, 0.25) is 0 Å². The van der Waals surface area contributed by atoms with Gasteiger partial charge in [0, 0.05) is 57.0 Å². The first kappa shape index (κ1) is 15.0. The van der Waals surface area contributed by atoms with Gasteiger partial charge in [-0.15, -0.1) is 0 Å². The Labute approximate surface area is 122 Å². The van der Waals surface area contributed by atoms with E-state index in [1.54, 1.807) is 25.4 Å². The standard InChI is InChI=1S/C14H18N4O3/c1-16-7-6-15-14(16)9-17(2)13-5-4-12(18(19)20)8-11(13)10-21-3/h4-8H,9-10H2,1-3H3. The molecule has 1 heterocycles. The number of nitro groups is 1. The highest BCUT2D eigenvalue weighted by Crippen LogP contribution is 2.26. The zero-order valence-electron chi connectivity index (χ0n) is 12.3. The Kier molecular flexibility index (Phi) is 4.54. The third-order valence-corrected chi connectivity index (χ3v) is 3.28. The Morgan fingerprint density at radius 3 is 2.81 bits per heavy atom. The minimum absolute atomic E-state index is 0.0659. The molecule has 7 nitrogen and oxygen atoms in total. The van der Waals surface area contributed by atoms with Crippen LogP contribution >= 0.6 is 0 Å². The molecule has 0 aliphatic heterocycles. The van der Waals surface area contributed by atoms with Gasteiger partial charge in [0.2, 0.25) is 0 Å². The maximum absolute atomic E-state index is 10.9. The molecule has 0 saturated heterocycles. The van der Waals surface area contributed by atoms with Crippen molar-refractivity contribution < 1.29 is 9.66 Å². The maximum atomic E-state index is 10.9. The Balaban J connectivity index is 2.29. The van der Waals surface area contributed by atoms with E-state index >= 15 is 0 Å². The molecule has 0 saturated carbocycles. The number of nitrogens with zero attached hydrogens (tertiary/aromatic N) is 4. The van der Waals surface area contributed by atoms with E-state index in [2.05, 4.69) is 4.98 Å². The number of non-ortho nitro benzene ring substituents is 1. The normalized spacial score (nSPS) is 10.6. The van der Waals surface area contributed by atoms with E-state index in [0.717, 1.165) is 17.1 Å². The highest BCUT2D eigenvalue weighted by molar-refractivity contribution is 5.57. The lowest BCUT2D eigenvalue weighted by molar-refractivity contribution is -0.384. The summed E-state index contributed by atoms with van der Waals surface area (Å²) in [5.41, 5.74) is 1.74. The number of nitro benzene ring substituents is 1. The lowest BCUT2D eigenvalue weighted by Crippen LogP contribution is -2.20. The molecule has 1 aromatic carbocycles. The van der Waals surface area contributed by atoms with Crippen molar-refractivity contribution in [3.8, 4) is 0 Å². The fourth-order valence-electron chi connectivity index (χ4n) is 2.18. The molecule has 1 aromatic heterocycles. The van der Waals surface area contributed by atoms with Crippen LogP contribution in [0.25, 0.3) is 0 Å². The Hall–Kier alpha value is -2.41. The number of hydrogen-bond acceptors (Lipinski definition) is 5. The maximum Gasteiger partial charge on any atom is 0.269 e. The smallest absolute Gasteiger partial charge is 0.269 e. The van der Waals surface area contributed by atoms with E-state index in [4.69, 9.17) is 4.74 Å². The molecule has 0 spiro atoms. The van der Waals surface area contributed by atoms with E-state index in [-0.39, 0.29) is 5.69 Å². The number of anilines is 1. The molecule has 0 radical (unpaired) electrons. The van der Waals surface area contributed by atoms with E-state index in [1.807, 2.05) is 29.8 Å². The van der Waals surface area contributed by atoms with Crippen LogP contribution in [0, 0.1) is 10.1 Å². The van der Waals surface area contributed by atoms with Crippen molar-refractivity contribution in [2.75, 3.05) is 19.1 Å². The van der Waals surface area contributed by atoms with Gasteiger partial charge in [0.1, 0.15) is 5.82 Å². The van der Waals surface area contributed by atoms with Gasteiger partial charge in [-0.25, -0.2) is 4.98 Å². The van der Waals surface area contributed by atoms with Crippen LogP contribution in [0.1, 0.15) is 11.4 Å². The van der Waals surface area contributed by atoms with E-state index in [0.29, 0.717) is 13.2 Å². The van der Waals surface area contributed by atoms with Gasteiger partial charge in [-0.1, -0.05) is 0 Å². The van der Waals surface area contributed by atoms with Crippen molar-refractivity contribution in [1.29, 1.82) is 0 Å². The summed E-state index contributed by atoms with van der Waals surface area (Å²) in [6.45, 7) is 0.931. The first-order chi connectivity index (χ1) is 10.0. The monoisotopic (exact) mass is 290 g/mol.